The van der Waals surface area contributed by atoms with Gasteiger partial charge in [-0.05, 0) is 17.3 Å². The summed E-state index contributed by atoms with van der Waals surface area (Å²) in [5.74, 6) is 0. The molecule has 0 spiro atoms. The zero-order valence-corrected chi connectivity index (χ0v) is 6.73. The summed E-state index contributed by atoms with van der Waals surface area (Å²) in [6, 6.07) is 0. The van der Waals surface area contributed by atoms with Crippen LogP contribution in [-0.2, 0) is 0 Å². The second kappa shape index (κ2) is 1.62. The molecule has 0 aromatic rings. The zero-order chi connectivity index (χ0) is 7.12. The molecule has 0 nitrogen and oxygen atoms in total. The van der Waals surface area contributed by atoms with E-state index in [1.165, 1.54) is 0 Å². The van der Waals surface area contributed by atoms with Gasteiger partial charge >= 0.3 is 0 Å². The van der Waals surface area contributed by atoms with E-state index in [4.69, 9.17) is 0 Å². The Balaban J connectivity index is 2.71. The summed E-state index contributed by atoms with van der Waals surface area (Å²) < 4.78 is 0. The molecule has 0 aliphatic heterocycles. The minimum absolute atomic E-state index is 0.323. The van der Waals surface area contributed by atoms with Crippen LogP contribution in [0.4, 0.5) is 0 Å². The molecule has 0 aromatic carbocycles. The fourth-order valence-corrected chi connectivity index (χ4v) is 1.48. The van der Waals surface area contributed by atoms with Crippen LogP contribution >= 0.6 is 0 Å². The fourth-order valence-electron chi connectivity index (χ4n) is 1.48. The van der Waals surface area contributed by atoms with Gasteiger partial charge < -0.3 is 0 Å². The maximum Gasteiger partial charge on any atom is -0.0135 e. The first-order chi connectivity index (χ1) is 3.91. The van der Waals surface area contributed by atoms with Crippen molar-refractivity contribution in [1.29, 1.82) is 0 Å². The van der Waals surface area contributed by atoms with Crippen molar-refractivity contribution in [2.24, 2.45) is 10.8 Å². The van der Waals surface area contributed by atoms with Crippen molar-refractivity contribution < 1.29 is 0 Å². The summed E-state index contributed by atoms with van der Waals surface area (Å²) in [6.07, 6.45) is 6.92. The average Bonchev–Trinajstić information content (AvgIpc) is 1.78. The van der Waals surface area contributed by atoms with Crippen LogP contribution in [0.1, 0.15) is 27.7 Å². The molecular weight excluding hydrogens is 108 g/mol. The van der Waals surface area contributed by atoms with Crippen molar-refractivity contribution in [2.75, 3.05) is 0 Å². The summed E-state index contributed by atoms with van der Waals surface area (Å²) in [5.41, 5.74) is 0.646. The van der Waals surface area contributed by atoms with Crippen LogP contribution in [0, 0.1) is 17.3 Å². The first kappa shape index (κ1) is 6.85. The number of hydrogen-bond acceptors (Lipinski definition) is 0. The van der Waals surface area contributed by atoms with Crippen LogP contribution in [-0.4, -0.2) is 0 Å². The fraction of sp³-hybridized carbons (Fsp3) is 0.667. The van der Waals surface area contributed by atoms with Gasteiger partial charge in [0.15, 0.2) is 0 Å². The lowest BCUT2D eigenvalue weighted by molar-refractivity contribution is 0.467. The standard InChI is InChI=1S/C9H15/c1-8(2)5-6-9(3,4)7-8/h5-7H,1-4H3. The van der Waals surface area contributed by atoms with Gasteiger partial charge in [-0.2, -0.15) is 0 Å². The Hall–Kier alpha value is -0.260. The Morgan fingerprint density at radius 1 is 0.778 bits per heavy atom. The minimum atomic E-state index is 0.323. The van der Waals surface area contributed by atoms with Gasteiger partial charge in [-0.3, -0.25) is 0 Å². The second-order valence-electron chi connectivity index (χ2n) is 4.12. The highest BCUT2D eigenvalue weighted by molar-refractivity contribution is 5.21. The van der Waals surface area contributed by atoms with Crippen molar-refractivity contribution >= 4 is 0 Å². The van der Waals surface area contributed by atoms with Crippen LogP contribution in [0.2, 0.25) is 0 Å². The van der Waals surface area contributed by atoms with Crippen LogP contribution in [0.15, 0.2) is 12.2 Å². The molecule has 51 valence electrons. The van der Waals surface area contributed by atoms with Crippen molar-refractivity contribution in [3.8, 4) is 0 Å². The molecule has 0 fully saturated rings. The Morgan fingerprint density at radius 2 is 1.11 bits per heavy atom. The molecule has 0 atom stereocenters. The molecule has 0 heterocycles. The van der Waals surface area contributed by atoms with E-state index >= 15 is 0 Å². The smallest absolute Gasteiger partial charge is 0.0135 e. The van der Waals surface area contributed by atoms with E-state index in [0.29, 0.717) is 10.8 Å². The van der Waals surface area contributed by atoms with E-state index < -0.39 is 0 Å². The molecule has 0 bridgehead atoms. The van der Waals surface area contributed by atoms with Crippen LogP contribution in [0.5, 0.6) is 0 Å². The molecule has 0 aromatic heterocycles. The highest BCUT2D eigenvalue weighted by Gasteiger charge is 2.30. The molecule has 1 radical (unpaired) electrons. The zero-order valence-electron chi connectivity index (χ0n) is 6.73. The summed E-state index contributed by atoms with van der Waals surface area (Å²) in [7, 11) is 0. The largest absolute Gasteiger partial charge is 0.0820 e. The van der Waals surface area contributed by atoms with E-state index in [2.05, 4.69) is 46.3 Å². The minimum Gasteiger partial charge on any atom is -0.0820 e. The molecule has 1 rings (SSSR count). The van der Waals surface area contributed by atoms with Gasteiger partial charge in [-0.25, -0.2) is 0 Å². The number of rotatable bonds is 0. The van der Waals surface area contributed by atoms with Crippen molar-refractivity contribution in [3.05, 3.63) is 18.6 Å². The van der Waals surface area contributed by atoms with Gasteiger partial charge in [0.25, 0.3) is 0 Å². The first-order valence-electron chi connectivity index (χ1n) is 3.49. The predicted molar refractivity (Wildman–Crippen MR) is 41.0 cm³/mol. The van der Waals surface area contributed by atoms with Crippen molar-refractivity contribution in [2.45, 2.75) is 27.7 Å². The number of allylic oxidation sites excluding steroid dienone is 2. The lowest BCUT2D eigenvalue weighted by Crippen LogP contribution is -2.12. The Labute approximate surface area is 58.0 Å². The number of hydrogen-bond donors (Lipinski definition) is 0. The van der Waals surface area contributed by atoms with E-state index in [0.717, 1.165) is 0 Å². The molecule has 0 saturated carbocycles. The Bertz CT molecular complexity index is 122. The lowest BCUT2D eigenvalue weighted by atomic mass is 9.83. The third-order valence-electron chi connectivity index (χ3n) is 1.69. The van der Waals surface area contributed by atoms with Gasteiger partial charge in [0, 0.05) is 0 Å². The van der Waals surface area contributed by atoms with E-state index in [-0.39, 0.29) is 0 Å². The van der Waals surface area contributed by atoms with Crippen LogP contribution < -0.4 is 0 Å². The molecule has 0 unspecified atom stereocenters. The maximum atomic E-state index is 2.38. The second-order valence-corrected chi connectivity index (χ2v) is 4.12. The Morgan fingerprint density at radius 3 is 1.22 bits per heavy atom. The normalized spacial score (nSPS) is 28.9. The molecule has 0 amide bonds. The molecule has 1 aliphatic rings. The highest BCUT2D eigenvalue weighted by atomic mass is 14.3. The van der Waals surface area contributed by atoms with Crippen molar-refractivity contribution in [1.82, 2.24) is 0 Å². The average molecular weight is 123 g/mol. The summed E-state index contributed by atoms with van der Waals surface area (Å²) in [4.78, 5) is 0. The summed E-state index contributed by atoms with van der Waals surface area (Å²) >= 11 is 0. The van der Waals surface area contributed by atoms with E-state index in [1.807, 2.05) is 0 Å². The van der Waals surface area contributed by atoms with Gasteiger partial charge in [0.05, 0.1) is 0 Å². The molecule has 1 aliphatic carbocycles. The predicted octanol–water partition coefficient (Wildman–Crippen LogP) is 2.81. The maximum absolute atomic E-state index is 2.38. The Kier molecular flexibility index (Phi) is 1.23. The highest BCUT2D eigenvalue weighted by Crippen LogP contribution is 2.40. The van der Waals surface area contributed by atoms with E-state index in [1.54, 1.807) is 0 Å². The van der Waals surface area contributed by atoms with Gasteiger partial charge in [0.2, 0.25) is 0 Å². The molecule has 0 saturated heterocycles. The summed E-state index contributed by atoms with van der Waals surface area (Å²) in [6.45, 7) is 8.94. The first-order valence-corrected chi connectivity index (χ1v) is 3.49. The van der Waals surface area contributed by atoms with E-state index in [9.17, 15) is 0 Å². The van der Waals surface area contributed by atoms with Gasteiger partial charge in [0.1, 0.15) is 0 Å². The third-order valence-corrected chi connectivity index (χ3v) is 1.69. The quantitative estimate of drug-likeness (QED) is 0.434. The molecular formula is C9H15. The third kappa shape index (κ3) is 1.57. The topological polar surface area (TPSA) is 0 Å². The van der Waals surface area contributed by atoms with Gasteiger partial charge in [-0.1, -0.05) is 39.8 Å². The van der Waals surface area contributed by atoms with Crippen LogP contribution in [0.3, 0.4) is 0 Å². The summed E-state index contributed by atoms with van der Waals surface area (Å²) in [5, 5.41) is 0. The monoisotopic (exact) mass is 123 g/mol. The van der Waals surface area contributed by atoms with Crippen molar-refractivity contribution in [3.63, 3.8) is 0 Å². The van der Waals surface area contributed by atoms with Crippen LogP contribution in [0.25, 0.3) is 0 Å². The van der Waals surface area contributed by atoms with Gasteiger partial charge in [-0.15, -0.1) is 0 Å². The molecule has 0 N–H and O–H groups in total. The lowest BCUT2D eigenvalue weighted by Gasteiger charge is -2.21. The molecule has 0 heteroatoms. The SMILES string of the molecule is CC1(C)[CH]C(C)(C)C=C1. The molecule has 9 heavy (non-hydrogen) atoms.